The molecule has 0 aromatic heterocycles. The number of ether oxygens (including phenoxy) is 1. The zero-order valence-corrected chi connectivity index (χ0v) is 8.31. The monoisotopic (exact) mass is 171 g/mol. The van der Waals surface area contributed by atoms with Crippen LogP contribution in [0.2, 0.25) is 0 Å². The molecule has 0 amide bonds. The molecule has 0 bridgehead atoms. The summed E-state index contributed by atoms with van der Waals surface area (Å²) >= 11 is 0. The molecule has 0 saturated heterocycles. The van der Waals surface area contributed by atoms with Crippen LogP contribution in [0.15, 0.2) is 0 Å². The molecule has 1 aliphatic carbocycles. The Balaban J connectivity index is 1.84. The minimum Gasteiger partial charge on any atom is -0.378 e. The molecule has 0 aromatic rings. The normalized spacial score (nSPS) is 19.5. The van der Waals surface area contributed by atoms with Gasteiger partial charge in [-0.05, 0) is 52.1 Å². The second-order valence-corrected chi connectivity index (χ2v) is 3.83. The Morgan fingerprint density at radius 1 is 1.50 bits per heavy atom. The molecule has 0 aromatic carbocycles. The highest BCUT2D eigenvalue weighted by atomic mass is 16.5. The van der Waals surface area contributed by atoms with E-state index in [-0.39, 0.29) is 0 Å². The second-order valence-electron chi connectivity index (χ2n) is 3.83. The summed E-state index contributed by atoms with van der Waals surface area (Å²) in [5.41, 5.74) is 0. The highest BCUT2D eigenvalue weighted by molar-refractivity contribution is 4.72. The van der Waals surface area contributed by atoms with Crippen LogP contribution in [0.1, 0.15) is 32.6 Å². The standard InChI is InChI=1S/C10H21NO/c1-9(4-3-7-11-2)12-8-10-5-6-10/h9-11H,3-8H2,1-2H3. The summed E-state index contributed by atoms with van der Waals surface area (Å²) in [6.45, 7) is 4.29. The summed E-state index contributed by atoms with van der Waals surface area (Å²) in [5.74, 6) is 0.900. The van der Waals surface area contributed by atoms with Crippen molar-refractivity contribution in [2.45, 2.75) is 38.7 Å². The number of rotatable bonds is 7. The third kappa shape index (κ3) is 4.73. The van der Waals surface area contributed by atoms with Crippen molar-refractivity contribution in [2.24, 2.45) is 5.92 Å². The van der Waals surface area contributed by atoms with Crippen LogP contribution in [-0.4, -0.2) is 26.3 Å². The predicted molar refractivity (Wildman–Crippen MR) is 51.3 cm³/mol. The van der Waals surface area contributed by atoms with Crippen LogP contribution in [0.4, 0.5) is 0 Å². The minimum atomic E-state index is 0.457. The van der Waals surface area contributed by atoms with Gasteiger partial charge < -0.3 is 10.1 Å². The maximum absolute atomic E-state index is 5.68. The van der Waals surface area contributed by atoms with E-state index >= 15 is 0 Å². The lowest BCUT2D eigenvalue weighted by Crippen LogP contribution is -2.14. The summed E-state index contributed by atoms with van der Waals surface area (Å²) in [5, 5.41) is 3.14. The summed E-state index contributed by atoms with van der Waals surface area (Å²) in [6, 6.07) is 0. The molecule has 1 aliphatic rings. The first-order valence-corrected chi connectivity index (χ1v) is 5.09. The van der Waals surface area contributed by atoms with E-state index in [0.29, 0.717) is 6.10 Å². The average Bonchev–Trinajstić information content (AvgIpc) is 2.84. The molecule has 1 saturated carbocycles. The average molecular weight is 171 g/mol. The molecule has 0 heterocycles. The van der Waals surface area contributed by atoms with E-state index in [0.717, 1.165) is 19.1 Å². The van der Waals surface area contributed by atoms with Crippen molar-refractivity contribution in [1.29, 1.82) is 0 Å². The van der Waals surface area contributed by atoms with Crippen molar-refractivity contribution in [1.82, 2.24) is 5.32 Å². The van der Waals surface area contributed by atoms with Crippen LogP contribution in [-0.2, 0) is 4.74 Å². The molecular weight excluding hydrogens is 150 g/mol. The van der Waals surface area contributed by atoms with Gasteiger partial charge in [-0.2, -0.15) is 0 Å². The van der Waals surface area contributed by atoms with E-state index < -0.39 is 0 Å². The highest BCUT2D eigenvalue weighted by Crippen LogP contribution is 2.29. The molecule has 2 nitrogen and oxygen atoms in total. The fourth-order valence-electron chi connectivity index (χ4n) is 1.23. The van der Waals surface area contributed by atoms with Crippen molar-refractivity contribution in [3.63, 3.8) is 0 Å². The first-order chi connectivity index (χ1) is 5.83. The summed E-state index contributed by atoms with van der Waals surface area (Å²) in [7, 11) is 2.00. The van der Waals surface area contributed by atoms with Gasteiger partial charge in [-0.15, -0.1) is 0 Å². The Morgan fingerprint density at radius 3 is 2.83 bits per heavy atom. The van der Waals surface area contributed by atoms with Crippen LogP contribution < -0.4 is 5.32 Å². The zero-order chi connectivity index (χ0) is 8.81. The molecule has 1 fully saturated rings. The van der Waals surface area contributed by atoms with Gasteiger partial charge in [0.15, 0.2) is 0 Å². The SMILES string of the molecule is CNCCCC(C)OCC1CC1. The maximum atomic E-state index is 5.68. The van der Waals surface area contributed by atoms with Gasteiger partial charge in [0.05, 0.1) is 6.10 Å². The molecule has 0 aliphatic heterocycles. The van der Waals surface area contributed by atoms with Gasteiger partial charge in [0, 0.05) is 6.61 Å². The lowest BCUT2D eigenvalue weighted by Gasteiger charge is -2.11. The molecule has 0 radical (unpaired) electrons. The van der Waals surface area contributed by atoms with E-state index in [2.05, 4.69) is 12.2 Å². The van der Waals surface area contributed by atoms with Crippen LogP contribution in [0.3, 0.4) is 0 Å². The number of hydrogen-bond acceptors (Lipinski definition) is 2. The first kappa shape index (κ1) is 10.0. The van der Waals surface area contributed by atoms with E-state index in [1.165, 1.54) is 25.7 Å². The maximum Gasteiger partial charge on any atom is 0.0547 e. The Labute approximate surface area is 75.7 Å². The second kappa shape index (κ2) is 5.55. The van der Waals surface area contributed by atoms with Gasteiger partial charge >= 0.3 is 0 Å². The van der Waals surface area contributed by atoms with Crippen molar-refractivity contribution in [3.8, 4) is 0 Å². The van der Waals surface area contributed by atoms with Crippen molar-refractivity contribution in [3.05, 3.63) is 0 Å². The fraction of sp³-hybridized carbons (Fsp3) is 1.00. The van der Waals surface area contributed by atoms with Crippen LogP contribution in [0, 0.1) is 5.92 Å². The Kier molecular flexibility index (Phi) is 4.62. The highest BCUT2D eigenvalue weighted by Gasteiger charge is 2.21. The molecule has 72 valence electrons. The molecule has 2 heteroatoms. The summed E-state index contributed by atoms with van der Waals surface area (Å²) in [6.07, 6.45) is 5.65. The molecular formula is C10H21NO. The van der Waals surface area contributed by atoms with Gasteiger partial charge in [0.2, 0.25) is 0 Å². The fourth-order valence-corrected chi connectivity index (χ4v) is 1.23. The van der Waals surface area contributed by atoms with Gasteiger partial charge in [0.1, 0.15) is 0 Å². The Bertz CT molecular complexity index is 112. The Morgan fingerprint density at radius 2 is 2.25 bits per heavy atom. The van der Waals surface area contributed by atoms with Gasteiger partial charge in [-0.1, -0.05) is 0 Å². The first-order valence-electron chi connectivity index (χ1n) is 5.09. The smallest absolute Gasteiger partial charge is 0.0547 e. The molecule has 1 N–H and O–H groups in total. The van der Waals surface area contributed by atoms with E-state index in [1.807, 2.05) is 7.05 Å². The predicted octanol–water partition coefficient (Wildman–Crippen LogP) is 1.80. The van der Waals surface area contributed by atoms with Crippen LogP contribution >= 0.6 is 0 Å². The molecule has 12 heavy (non-hydrogen) atoms. The van der Waals surface area contributed by atoms with E-state index in [9.17, 15) is 0 Å². The van der Waals surface area contributed by atoms with Gasteiger partial charge in [-0.3, -0.25) is 0 Å². The summed E-state index contributed by atoms with van der Waals surface area (Å²) < 4.78 is 5.68. The number of nitrogens with one attached hydrogen (secondary N) is 1. The quantitative estimate of drug-likeness (QED) is 0.590. The van der Waals surface area contributed by atoms with Gasteiger partial charge in [0.25, 0.3) is 0 Å². The zero-order valence-electron chi connectivity index (χ0n) is 8.31. The third-order valence-electron chi connectivity index (χ3n) is 2.35. The van der Waals surface area contributed by atoms with Crippen LogP contribution in [0.25, 0.3) is 0 Å². The van der Waals surface area contributed by atoms with Crippen molar-refractivity contribution in [2.75, 3.05) is 20.2 Å². The summed E-state index contributed by atoms with van der Waals surface area (Å²) in [4.78, 5) is 0. The third-order valence-corrected chi connectivity index (χ3v) is 2.35. The van der Waals surface area contributed by atoms with Crippen molar-refractivity contribution < 1.29 is 4.74 Å². The Hall–Kier alpha value is -0.0800. The minimum absolute atomic E-state index is 0.457. The molecule has 1 atom stereocenters. The number of hydrogen-bond donors (Lipinski definition) is 1. The van der Waals surface area contributed by atoms with Gasteiger partial charge in [-0.25, -0.2) is 0 Å². The van der Waals surface area contributed by atoms with E-state index in [4.69, 9.17) is 4.74 Å². The van der Waals surface area contributed by atoms with E-state index in [1.54, 1.807) is 0 Å². The lowest BCUT2D eigenvalue weighted by atomic mass is 10.2. The molecule has 1 unspecified atom stereocenters. The van der Waals surface area contributed by atoms with Crippen LogP contribution in [0.5, 0.6) is 0 Å². The van der Waals surface area contributed by atoms with Crippen molar-refractivity contribution >= 4 is 0 Å². The lowest BCUT2D eigenvalue weighted by molar-refractivity contribution is 0.0517. The topological polar surface area (TPSA) is 21.3 Å². The largest absolute Gasteiger partial charge is 0.378 e. The molecule has 1 rings (SSSR count). The molecule has 0 spiro atoms.